The van der Waals surface area contributed by atoms with Crippen LogP contribution < -0.4 is 5.32 Å². The van der Waals surface area contributed by atoms with Crippen LogP contribution in [-0.4, -0.2) is 0 Å². The van der Waals surface area contributed by atoms with Gasteiger partial charge >= 0.3 is 0 Å². The monoisotopic (exact) mass is 243 g/mol. The molecule has 0 bridgehead atoms. The van der Waals surface area contributed by atoms with Gasteiger partial charge in [-0.2, -0.15) is 0 Å². The molecule has 0 saturated heterocycles. The van der Waals surface area contributed by atoms with Crippen molar-refractivity contribution in [3.63, 3.8) is 0 Å². The van der Waals surface area contributed by atoms with Crippen molar-refractivity contribution >= 4 is 0 Å². The predicted octanol–water partition coefficient (Wildman–Crippen LogP) is 3.80. The quantitative estimate of drug-likeness (QED) is 0.883. The van der Waals surface area contributed by atoms with Crippen LogP contribution in [-0.2, 0) is 13.1 Å². The lowest BCUT2D eigenvalue weighted by molar-refractivity contribution is 0.461. The zero-order valence-electron chi connectivity index (χ0n) is 11.6. The SMILES string of the molecule is Cc1cc(C)c(CNCc2ccc(C)o2)c(C)c1. The van der Waals surface area contributed by atoms with Gasteiger partial charge in [-0.25, -0.2) is 0 Å². The second kappa shape index (κ2) is 5.40. The second-order valence-electron chi connectivity index (χ2n) is 4.99. The van der Waals surface area contributed by atoms with Gasteiger partial charge < -0.3 is 9.73 Å². The van der Waals surface area contributed by atoms with Gasteiger partial charge in [-0.1, -0.05) is 17.7 Å². The second-order valence-corrected chi connectivity index (χ2v) is 4.99. The van der Waals surface area contributed by atoms with Crippen molar-refractivity contribution in [2.45, 2.75) is 40.8 Å². The van der Waals surface area contributed by atoms with E-state index in [2.05, 4.69) is 38.2 Å². The molecule has 0 radical (unpaired) electrons. The molecule has 0 fully saturated rings. The standard InChI is InChI=1S/C16H21NO/c1-11-7-12(2)16(13(3)8-11)10-17-9-15-6-5-14(4)18-15/h5-8,17H,9-10H2,1-4H3. The molecule has 0 aliphatic heterocycles. The van der Waals surface area contributed by atoms with Gasteiger partial charge in [-0.3, -0.25) is 0 Å². The maximum absolute atomic E-state index is 5.54. The van der Waals surface area contributed by atoms with Crippen LogP contribution in [0.5, 0.6) is 0 Å². The fourth-order valence-electron chi connectivity index (χ4n) is 2.38. The molecule has 0 amide bonds. The Morgan fingerprint density at radius 2 is 1.61 bits per heavy atom. The highest BCUT2D eigenvalue weighted by Crippen LogP contribution is 2.16. The minimum absolute atomic E-state index is 0.778. The first-order valence-corrected chi connectivity index (χ1v) is 6.39. The zero-order valence-corrected chi connectivity index (χ0v) is 11.6. The van der Waals surface area contributed by atoms with Gasteiger partial charge in [0.1, 0.15) is 11.5 Å². The summed E-state index contributed by atoms with van der Waals surface area (Å²) < 4.78 is 5.54. The smallest absolute Gasteiger partial charge is 0.117 e. The maximum atomic E-state index is 5.54. The summed E-state index contributed by atoms with van der Waals surface area (Å²) in [6.07, 6.45) is 0. The number of furan rings is 1. The van der Waals surface area contributed by atoms with Crippen molar-refractivity contribution in [2.24, 2.45) is 0 Å². The van der Waals surface area contributed by atoms with Crippen LogP contribution in [0.2, 0.25) is 0 Å². The van der Waals surface area contributed by atoms with E-state index in [0.29, 0.717) is 0 Å². The largest absolute Gasteiger partial charge is 0.465 e. The van der Waals surface area contributed by atoms with Crippen molar-refractivity contribution in [3.05, 3.63) is 58.0 Å². The third kappa shape index (κ3) is 3.02. The van der Waals surface area contributed by atoms with E-state index in [1.54, 1.807) is 0 Å². The summed E-state index contributed by atoms with van der Waals surface area (Å²) in [6.45, 7) is 10.1. The molecular formula is C16H21NO. The van der Waals surface area contributed by atoms with Gasteiger partial charge in [0, 0.05) is 6.54 Å². The van der Waals surface area contributed by atoms with E-state index in [4.69, 9.17) is 4.42 Å². The molecule has 2 aromatic rings. The fourth-order valence-corrected chi connectivity index (χ4v) is 2.38. The van der Waals surface area contributed by atoms with E-state index in [1.165, 1.54) is 22.3 Å². The Bertz CT molecular complexity index is 517. The van der Waals surface area contributed by atoms with Crippen LogP contribution in [0.15, 0.2) is 28.7 Å². The Morgan fingerprint density at radius 3 is 2.17 bits per heavy atom. The van der Waals surface area contributed by atoms with E-state index in [1.807, 2.05) is 19.1 Å². The Kier molecular flexibility index (Phi) is 3.87. The third-order valence-corrected chi connectivity index (χ3v) is 3.24. The van der Waals surface area contributed by atoms with Crippen LogP contribution in [0.25, 0.3) is 0 Å². The van der Waals surface area contributed by atoms with Crippen molar-refractivity contribution in [1.29, 1.82) is 0 Å². The number of benzene rings is 1. The van der Waals surface area contributed by atoms with Gasteiger partial charge in [0.05, 0.1) is 6.54 Å². The first-order chi connectivity index (χ1) is 8.56. The zero-order chi connectivity index (χ0) is 13.1. The van der Waals surface area contributed by atoms with E-state index in [0.717, 1.165) is 24.6 Å². The predicted molar refractivity (Wildman–Crippen MR) is 74.6 cm³/mol. The molecule has 2 nitrogen and oxygen atoms in total. The Labute approximate surface area is 109 Å². The van der Waals surface area contributed by atoms with Crippen molar-refractivity contribution in [3.8, 4) is 0 Å². The van der Waals surface area contributed by atoms with E-state index in [-0.39, 0.29) is 0 Å². The van der Waals surface area contributed by atoms with Crippen LogP contribution in [0.4, 0.5) is 0 Å². The minimum atomic E-state index is 0.778. The van der Waals surface area contributed by atoms with E-state index in [9.17, 15) is 0 Å². The summed E-state index contributed by atoms with van der Waals surface area (Å²) >= 11 is 0. The van der Waals surface area contributed by atoms with Crippen molar-refractivity contribution < 1.29 is 4.42 Å². The topological polar surface area (TPSA) is 25.2 Å². The number of nitrogens with one attached hydrogen (secondary N) is 1. The number of hydrogen-bond acceptors (Lipinski definition) is 2. The molecular weight excluding hydrogens is 222 g/mol. The lowest BCUT2D eigenvalue weighted by atomic mass is 10.00. The molecule has 1 heterocycles. The van der Waals surface area contributed by atoms with Crippen LogP contribution >= 0.6 is 0 Å². The number of rotatable bonds is 4. The number of hydrogen-bond donors (Lipinski definition) is 1. The van der Waals surface area contributed by atoms with Gasteiger partial charge in [-0.15, -0.1) is 0 Å². The lowest BCUT2D eigenvalue weighted by Crippen LogP contribution is -2.14. The molecule has 0 atom stereocenters. The first-order valence-electron chi connectivity index (χ1n) is 6.39. The molecule has 0 unspecified atom stereocenters. The highest BCUT2D eigenvalue weighted by molar-refractivity contribution is 5.37. The summed E-state index contributed by atoms with van der Waals surface area (Å²) in [5, 5.41) is 3.44. The van der Waals surface area contributed by atoms with Crippen LogP contribution in [0.3, 0.4) is 0 Å². The molecule has 2 rings (SSSR count). The first kappa shape index (κ1) is 12.9. The van der Waals surface area contributed by atoms with E-state index >= 15 is 0 Å². The summed E-state index contributed by atoms with van der Waals surface area (Å²) in [5.74, 6) is 1.96. The van der Waals surface area contributed by atoms with Crippen molar-refractivity contribution in [2.75, 3.05) is 0 Å². The highest BCUT2D eigenvalue weighted by Gasteiger charge is 2.04. The molecule has 0 aliphatic rings. The average molecular weight is 243 g/mol. The Morgan fingerprint density at radius 1 is 0.944 bits per heavy atom. The van der Waals surface area contributed by atoms with Crippen LogP contribution in [0.1, 0.15) is 33.8 Å². The molecule has 1 aromatic heterocycles. The Balaban J connectivity index is 1.98. The number of aryl methyl sites for hydroxylation is 4. The van der Waals surface area contributed by atoms with Gasteiger partial charge in [0.25, 0.3) is 0 Å². The molecule has 0 saturated carbocycles. The molecule has 0 spiro atoms. The van der Waals surface area contributed by atoms with Gasteiger partial charge in [0.15, 0.2) is 0 Å². The fraction of sp³-hybridized carbons (Fsp3) is 0.375. The summed E-state index contributed by atoms with van der Waals surface area (Å²) in [4.78, 5) is 0. The summed E-state index contributed by atoms with van der Waals surface area (Å²) in [7, 11) is 0. The molecule has 18 heavy (non-hydrogen) atoms. The molecule has 96 valence electrons. The maximum Gasteiger partial charge on any atom is 0.117 e. The average Bonchev–Trinajstić information content (AvgIpc) is 2.68. The van der Waals surface area contributed by atoms with Crippen molar-refractivity contribution in [1.82, 2.24) is 5.32 Å². The summed E-state index contributed by atoms with van der Waals surface area (Å²) in [6, 6.07) is 8.50. The van der Waals surface area contributed by atoms with Crippen LogP contribution in [0, 0.1) is 27.7 Å². The van der Waals surface area contributed by atoms with Gasteiger partial charge in [0.2, 0.25) is 0 Å². The summed E-state index contributed by atoms with van der Waals surface area (Å²) in [5.41, 5.74) is 5.44. The molecule has 1 N–H and O–H groups in total. The van der Waals surface area contributed by atoms with Gasteiger partial charge in [-0.05, 0) is 56.5 Å². The highest BCUT2D eigenvalue weighted by atomic mass is 16.3. The molecule has 2 heteroatoms. The Hall–Kier alpha value is -1.54. The molecule has 0 aliphatic carbocycles. The normalized spacial score (nSPS) is 10.9. The lowest BCUT2D eigenvalue weighted by Gasteiger charge is -2.11. The minimum Gasteiger partial charge on any atom is -0.465 e. The third-order valence-electron chi connectivity index (χ3n) is 3.24. The molecule has 1 aromatic carbocycles. The van der Waals surface area contributed by atoms with E-state index < -0.39 is 0 Å².